The van der Waals surface area contributed by atoms with Gasteiger partial charge < -0.3 is 5.32 Å². The molecular formula is C28H20F3N5O. The van der Waals surface area contributed by atoms with Crippen LogP contribution in [-0.4, -0.2) is 25.9 Å². The predicted molar refractivity (Wildman–Crippen MR) is 134 cm³/mol. The molecule has 3 aromatic carbocycles. The fourth-order valence-electron chi connectivity index (χ4n) is 3.99. The first-order valence-electron chi connectivity index (χ1n) is 11.4. The number of rotatable bonds is 6. The zero-order valence-electron chi connectivity index (χ0n) is 19.4. The smallest absolute Gasteiger partial charge is 0.310 e. The molecule has 1 amide bonds. The molecule has 0 aliphatic rings. The van der Waals surface area contributed by atoms with Crippen LogP contribution in [0.3, 0.4) is 0 Å². The number of carbonyl (C=O) groups is 1. The third kappa shape index (κ3) is 5.25. The number of hydrogen-bond donors (Lipinski definition) is 1. The van der Waals surface area contributed by atoms with E-state index < -0.39 is 17.6 Å². The molecule has 5 aromatic rings. The molecule has 0 unspecified atom stereocenters. The maximum absolute atomic E-state index is 13.7. The van der Waals surface area contributed by atoms with Crippen molar-refractivity contribution < 1.29 is 18.0 Å². The van der Waals surface area contributed by atoms with Crippen molar-refractivity contribution >= 4 is 11.7 Å². The van der Waals surface area contributed by atoms with E-state index in [1.807, 2.05) is 36.4 Å². The second-order valence-corrected chi connectivity index (χ2v) is 8.20. The van der Waals surface area contributed by atoms with Gasteiger partial charge in [-0.2, -0.15) is 13.2 Å². The number of amides is 1. The first-order chi connectivity index (χ1) is 17.9. The molecule has 0 spiro atoms. The number of para-hydroxylation sites is 1. The highest BCUT2D eigenvalue weighted by atomic mass is 19.4. The summed E-state index contributed by atoms with van der Waals surface area (Å²) in [6.07, 6.45) is -3.14. The first kappa shape index (κ1) is 23.9. The van der Waals surface area contributed by atoms with Crippen molar-refractivity contribution in [2.45, 2.75) is 12.6 Å². The van der Waals surface area contributed by atoms with Gasteiger partial charge in [0.15, 0.2) is 0 Å². The van der Waals surface area contributed by atoms with E-state index in [1.54, 1.807) is 42.6 Å². The molecule has 2 heterocycles. The Hall–Kier alpha value is -4.79. The maximum Gasteiger partial charge on any atom is 0.418 e. The molecule has 5 rings (SSSR count). The van der Waals surface area contributed by atoms with Crippen molar-refractivity contribution in [2.75, 3.05) is 5.32 Å². The molecule has 0 fully saturated rings. The number of benzene rings is 3. The standard InChI is InChI=1S/C28H20F3N5O/c29-28(30,31)22-13-7-8-14-24(22)36-27(20-11-5-2-6-12-20)23(34-35-36)17-26(37)33-25-16-15-21(18-32-25)19-9-3-1-4-10-19/h1-16,18H,17H2,(H,32,33,37). The number of halogens is 3. The highest BCUT2D eigenvalue weighted by Gasteiger charge is 2.35. The van der Waals surface area contributed by atoms with E-state index in [0.29, 0.717) is 17.1 Å². The van der Waals surface area contributed by atoms with Gasteiger partial charge in [0, 0.05) is 17.3 Å². The molecule has 6 nitrogen and oxygen atoms in total. The Morgan fingerprint density at radius 3 is 2.08 bits per heavy atom. The van der Waals surface area contributed by atoms with Gasteiger partial charge in [0.1, 0.15) is 11.5 Å². The minimum absolute atomic E-state index is 0.175. The minimum atomic E-state index is -4.59. The van der Waals surface area contributed by atoms with Gasteiger partial charge in [-0.15, -0.1) is 5.10 Å². The van der Waals surface area contributed by atoms with Gasteiger partial charge in [-0.25, -0.2) is 9.67 Å². The quantitative estimate of drug-likeness (QED) is 0.302. The summed E-state index contributed by atoms with van der Waals surface area (Å²) in [6, 6.07) is 27.1. The van der Waals surface area contributed by atoms with Gasteiger partial charge in [-0.3, -0.25) is 4.79 Å². The van der Waals surface area contributed by atoms with Crippen molar-refractivity contribution in [2.24, 2.45) is 0 Å². The SMILES string of the molecule is O=C(Cc1nnn(-c2ccccc2C(F)(F)F)c1-c1ccccc1)Nc1ccc(-c2ccccc2)cn1. The average molecular weight is 499 g/mol. The first-order valence-corrected chi connectivity index (χ1v) is 11.4. The minimum Gasteiger partial charge on any atom is -0.310 e. The van der Waals surface area contributed by atoms with Crippen LogP contribution in [-0.2, 0) is 17.4 Å². The Balaban J connectivity index is 1.44. The van der Waals surface area contributed by atoms with E-state index in [-0.39, 0.29) is 17.8 Å². The van der Waals surface area contributed by atoms with Gasteiger partial charge in [0.2, 0.25) is 5.91 Å². The van der Waals surface area contributed by atoms with Crippen molar-refractivity contribution in [3.05, 3.63) is 115 Å². The number of alkyl halides is 3. The van der Waals surface area contributed by atoms with Gasteiger partial charge in [0.05, 0.1) is 23.4 Å². The highest BCUT2D eigenvalue weighted by Crippen LogP contribution is 2.35. The number of hydrogen-bond acceptors (Lipinski definition) is 4. The normalized spacial score (nSPS) is 11.3. The van der Waals surface area contributed by atoms with E-state index in [1.165, 1.54) is 18.2 Å². The van der Waals surface area contributed by atoms with Crippen molar-refractivity contribution in [1.82, 2.24) is 20.0 Å². The lowest BCUT2D eigenvalue weighted by Gasteiger charge is -2.14. The topological polar surface area (TPSA) is 72.7 Å². The zero-order valence-corrected chi connectivity index (χ0v) is 19.4. The fraction of sp³-hybridized carbons (Fsp3) is 0.0714. The fourth-order valence-corrected chi connectivity index (χ4v) is 3.99. The highest BCUT2D eigenvalue weighted by molar-refractivity contribution is 5.92. The predicted octanol–water partition coefficient (Wildman–Crippen LogP) is 6.20. The summed E-state index contributed by atoms with van der Waals surface area (Å²) in [5.41, 5.74) is 1.99. The Kier molecular flexibility index (Phi) is 6.51. The van der Waals surface area contributed by atoms with Crippen LogP contribution in [0.25, 0.3) is 28.1 Å². The van der Waals surface area contributed by atoms with Crippen LogP contribution in [0.15, 0.2) is 103 Å². The summed E-state index contributed by atoms with van der Waals surface area (Å²) in [7, 11) is 0. The Morgan fingerprint density at radius 1 is 0.784 bits per heavy atom. The third-order valence-electron chi connectivity index (χ3n) is 5.69. The van der Waals surface area contributed by atoms with Gasteiger partial charge in [-0.1, -0.05) is 78.0 Å². The van der Waals surface area contributed by atoms with Gasteiger partial charge >= 0.3 is 6.18 Å². The molecule has 1 N–H and O–H groups in total. The summed E-state index contributed by atoms with van der Waals surface area (Å²) >= 11 is 0. The lowest BCUT2D eigenvalue weighted by molar-refractivity contribution is -0.137. The number of nitrogens with one attached hydrogen (secondary N) is 1. The molecule has 0 aliphatic heterocycles. The Morgan fingerprint density at radius 2 is 1.43 bits per heavy atom. The maximum atomic E-state index is 13.7. The number of pyridine rings is 1. The summed E-state index contributed by atoms with van der Waals surface area (Å²) < 4.78 is 42.3. The van der Waals surface area contributed by atoms with E-state index in [0.717, 1.165) is 21.9 Å². The van der Waals surface area contributed by atoms with Crippen LogP contribution in [0, 0.1) is 0 Å². The Labute approximate surface area is 210 Å². The summed E-state index contributed by atoms with van der Waals surface area (Å²) in [5.74, 6) is -0.0750. The lowest BCUT2D eigenvalue weighted by atomic mass is 10.1. The van der Waals surface area contributed by atoms with Crippen molar-refractivity contribution in [1.29, 1.82) is 0 Å². The van der Waals surface area contributed by atoms with Crippen LogP contribution >= 0.6 is 0 Å². The molecule has 9 heteroatoms. The number of aromatic nitrogens is 4. The van der Waals surface area contributed by atoms with Crippen LogP contribution in [0.1, 0.15) is 11.3 Å². The molecule has 0 radical (unpaired) electrons. The molecule has 37 heavy (non-hydrogen) atoms. The number of nitrogens with zero attached hydrogens (tertiary/aromatic N) is 4. The average Bonchev–Trinajstić information content (AvgIpc) is 3.32. The second kappa shape index (κ2) is 10.1. The Bertz CT molecular complexity index is 1520. The number of anilines is 1. The molecule has 0 aliphatic carbocycles. The van der Waals surface area contributed by atoms with E-state index in [2.05, 4.69) is 20.6 Å². The van der Waals surface area contributed by atoms with E-state index in [9.17, 15) is 18.0 Å². The summed E-state index contributed by atoms with van der Waals surface area (Å²) in [6.45, 7) is 0. The van der Waals surface area contributed by atoms with Gasteiger partial charge in [0.25, 0.3) is 0 Å². The van der Waals surface area contributed by atoms with Crippen LogP contribution in [0.5, 0.6) is 0 Å². The monoisotopic (exact) mass is 499 g/mol. The molecule has 0 bridgehead atoms. The van der Waals surface area contributed by atoms with Crippen molar-refractivity contribution in [3.8, 4) is 28.1 Å². The zero-order chi connectivity index (χ0) is 25.8. The summed E-state index contributed by atoms with van der Waals surface area (Å²) in [4.78, 5) is 17.2. The molecule has 0 saturated heterocycles. The molecule has 2 aromatic heterocycles. The van der Waals surface area contributed by atoms with Crippen LogP contribution in [0.4, 0.5) is 19.0 Å². The molecule has 0 atom stereocenters. The third-order valence-corrected chi connectivity index (χ3v) is 5.69. The largest absolute Gasteiger partial charge is 0.418 e. The molecule has 184 valence electrons. The molecule has 0 saturated carbocycles. The van der Waals surface area contributed by atoms with Crippen LogP contribution < -0.4 is 5.32 Å². The van der Waals surface area contributed by atoms with Gasteiger partial charge in [-0.05, 0) is 29.8 Å². The summed E-state index contributed by atoms with van der Waals surface area (Å²) in [5, 5.41) is 10.8. The van der Waals surface area contributed by atoms with E-state index >= 15 is 0 Å². The second-order valence-electron chi connectivity index (χ2n) is 8.20. The lowest BCUT2D eigenvalue weighted by Crippen LogP contribution is -2.16. The van der Waals surface area contributed by atoms with Crippen molar-refractivity contribution in [3.63, 3.8) is 0 Å². The molecular weight excluding hydrogens is 479 g/mol. The number of carbonyl (C=O) groups excluding carboxylic acids is 1. The van der Waals surface area contributed by atoms with E-state index in [4.69, 9.17) is 0 Å². The van der Waals surface area contributed by atoms with Crippen LogP contribution in [0.2, 0.25) is 0 Å².